The minimum atomic E-state index is -0.192. The molecule has 0 saturated carbocycles. The van der Waals surface area contributed by atoms with E-state index < -0.39 is 0 Å². The molecule has 0 spiro atoms. The van der Waals surface area contributed by atoms with Crippen LogP contribution in [0.25, 0.3) is 0 Å². The Morgan fingerprint density at radius 1 is 1.38 bits per heavy atom. The van der Waals surface area contributed by atoms with Crippen molar-refractivity contribution in [3.63, 3.8) is 0 Å². The van der Waals surface area contributed by atoms with Gasteiger partial charge in [0.15, 0.2) is 0 Å². The highest BCUT2D eigenvalue weighted by Gasteiger charge is 2.26. The normalized spacial score (nSPS) is 24.3. The molecule has 1 unspecified atom stereocenters. The van der Waals surface area contributed by atoms with Crippen LogP contribution in [0, 0.1) is 11.2 Å². The van der Waals surface area contributed by atoms with Crippen LogP contribution in [0.3, 0.4) is 0 Å². The van der Waals surface area contributed by atoms with E-state index in [1.54, 1.807) is 12.1 Å². The van der Waals surface area contributed by atoms with Crippen LogP contribution < -0.4 is 5.32 Å². The van der Waals surface area contributed by atoms with E-state index in [4.69, 9.17) is 4.74 Å². The SMILES string of the molecule is CC1(C)CNC(Cc2ccc(F)cc2)OC1. The van der Waals surface area contributed by atoms with Crippen molar-refractivity contribution < 1.29 is 9.13 Å². The molecule has 0 aromatic heterocycles. The molecule has 1 heterocycles. The standard InChI is InChI=1S/C13H18FNO/c1-13(2)8-15-12(16-9-13)7-10-3-5-11(14)6-4-10/h3-6,12,15H,7-9H2,1-2H3. The molecule has 0 aliphatic carbocycles. The van der Waals surface area contributed by atoms with Gasteiger partial charge in [-0.25, -0.2) is 4.39 Å². The Kier molecular flexibility index (Phi) is 3.26. The summed E-state index contributed by atoms with van der Waals surface area (Å²) in [7, 11) is 0. The number of hydrogen-bond acceptors (Lipinski definition) is 2. The summed E-state index contributed by atoms with van der Waals surface area (Å²) in [6.07, 6.45) is 0.842. The third kappa shape index (κ3) is 3.03. The number of ether oxygens (including phenoxy) is 1. The van der Waals surface area contributed by atoms with Gasteiger partial charge in [-0.3, -0.25) is 5.32 Å². The molecule has 1 aliphatic heterocycles. The molecule has 3 heteroatoms. The quantitative estimate of drug-likeness (QED) is 0.831. The first-order valence-corrected chi connectivity index (χ1v) is 5.65. The molecule has 0 radical (unpaired) electrons. The van der Waals surface area contributed by atoms with E-state index in [1.165, 1.54) is 12.1 Å². The van der Waals surface area contributed by atoms with E-state index in [0.717, 1.165) is 25.1 Å². The Bertz CT molecular complexity index is 337. The summed E-state index contributed by atoms with van der Waals surface area (Å²) in [5, 5.41) is 3.36. The predicted octanol–water partition coefficient (Wildman–Crippen LogP) is 2.34. The van der Waals surface area contributed by atoms with Crippen LogP contribution in [0.15, 0.2) is 24.3 Å². The van der Waals surface area contributed by atoms with Crippen molar-refractivity contribution in [2.45, 2.75) is 26.5 Å². The van der Waals surface area contributed by atoms with Gasteiger partial charge in [0.05, 0.1) is 6.61 Å². The summed E-state index contributed by atoms with van der Waals surface area (Å²) in [6.45, 7) is 6.08. The molecule has 1 fully saturated rings. The molecule has 0 bridgehead atoms. The molecule has 1 atom stereocenters. The first-order chi connectivity index (χ1) is 7.55. The second-order valence-electron chi connectivity index (χ2n) is 5.18. The summed E-state index contributed by atoms with van der Waals surface area (Å²) in [4.78, 5) is 0. The fraction of sp³-hybridized carbons (Fsp3) is 0.538. The van der Waals surface area contributed by atoms with Gasteiger partial charge in [0, 0.05) is 18.4 Å². The second-order valence-corrected chi connectivity index (χ2v) is 5.18. The highest BCUT2D eigenvalue weighted by Crippen LogP contribution is 2.20. The van der Waals surface area contributed by atoms with Gasteiger partial charge in [-0.15, -0.1) is 0 Å². The Balaban J connectivity index is 1.89. The van der Waals surface area contributed by atoms with Gasteiger partial charge in [0.25, 0.3) is 0 Å². The number of hydrogen-bond donors (Lipinski definition) is 1. The van der Waals surface area contributed by atoms with E-state index in [-0.39, 0.29) is 17.5 Å². The lowest BCUT2D eigenvalue weighted by molar-refractivity contribution is -0.0566. The van der Waals surface area contributed by atoms with Crippen molar-refractivity contribution in [3.05, 3.63) is 35.6 Å². The van der Waals surface area contributed by atoms with Crippen LogP contribution in [0.2, 0.25) is 0 Å². The first-order valence-electron chi connectivity index (χ1n) is 5.65. The number of rotatable bonds is 2. The summed E-state index contributed by atoms with van der Waals surface area (Å²) in [6, 6.07) is 6.59. The summed E-state index contributed by atoms with van der Waals surface area (Å²) >= 11 is 0. The number of nitrogens with one attached hydrogen (secondary N) is 1. The Morgan fingerprint density at radius 2 is 2.06 bits per heavy atom. The van der Waals surface area contributed by atoms with Crippen LogP contribution in [0.1, 0.15) is 19.4 Å². The van der Waals surface area contributed by atoms with Crippen molar-refractivity contribution in [1.82, 2.24) is 5.32 Å². The molecule has 1 saturated heterocycles. The molecule has 1 aromatic rings. The third-order valence-electron chi connectivity index (χ3n) is 2.82. The van der Waals surface area contributed by atoms with Crippen LogP contribution >= 0.6 is 0 Å². The van der Waals surface area contributed by atoms with Crippen LogP contribution in [0.5, 0.6) is 0 Å². The van der Waals surface area contributed by atoms with Gasteiger partial charge in [0.2, 0.25) is 0 Å². The van der Waals surface area contributed by atoms with Crippen LogP contribution in [-0.4, -0.2) is 19.4 Å². The average molecular weight is 223 g/mol. The Hall–Kier alpha value is -0.930. The second kappa shape index (κ2) is 4.52. The number of halogens is 1. The summed E-state index contributed by atoms with van der Waals surface area (Å²) < 4.78 is 18.4. The van der Waals surface area contributed by atoms with Crippen molar-refractivity contribution in [2.75, 3.05) is 13.2 Å². The van der Waals surface area contributed by atoms with Gasteiger partial charge in [-0.05, 0) is 17.7 Å². The Labute approximate surface area is 95.8 Å². The van der Waals surface area contributed by atoms with Gasteiger partial charge < -0.3 is 4.74 Å². The van der Waals surface area contributed by atoms with Gasteiger partial charge in [-0.1, -0.05) is 26.0 Å². The van der Waals surface area contributed by atoms with E-state index >= 15 is 0 Å². The maximum absolute atomic E-state index is 12.7. The minimum Gasteiger partial charge on any atom is -0.362 e. The molecule has 1 aromatic carbocycles. The largest absolute Gasteiger partial charge is 0.362 e. The molecule has 2 nitrogen and oxygen atoms in total. The predicted molar refractivity (Wildman–Crippen MR) is 61.6 cm³/mol. The number of benzene rings is 1. The molecule has 88 valence electrons. The third-order valence-corrected chi connectivity index (χ3v) is 2.82. The summed E-state index contributed by atoms with van der Waals surface area (Å²) in [5.74, 6) is -0.192. The smallest absolute Gasteiger partial charge is 0.123 e. The van der Waals surface area contributed by atoms with E-state index in [0.29, 0.717) is 0 Å². The monoisotopic (exact) mass is 223 g/mol. The maximum atomic E-state index is 12.7. The zero-order chi connectivity index (χ0) is 11.6. The fourth-order valence-electron chi connectivity index (χ4n) is 1.79. The van der Waals surface area contributed by atoms with Crippen LogP contribution in [0.4, 0.5) is 4.39 Å². The molecule has 1 N–H and O–H groups in total. The highest BCUT2D eigenvalue weighted by molar-refractivity contribution is 5.16. The fourth-order valence-corrected chi connectivity index (χ4v) is 1.79. The molecular formula is C13H18FNO. The van der Waals surface area contributed by atoms with Crippen molar-refractivity contribution in [2.24, 2.45) is 5.41 Å². The van der Waals surface area contributed by atoms with E-state index in [1.807, 2.05) is 0 Å². The zero-order valence-corrected chi connectivity index (χ0v) is 9.79. The van der Waals surface area contributed by atoms with Gasteiger partial charge in [0.1, 0.15) is 12.0 Å². The highest BCUT2D eigenvalue weighted by atomic mass is 19.1. The summed E-state index contributed by atoms with van der Waals surface area (Å²) in [5.41, 5.74) is 1.30. The lowest BCUT2D eigenvalue weighted by Crippen LogP contribution is -2.48. The molecule has 1 aliphatic rings. The molecule has 2 rings (SSSR count). The lowest BCUT2D eigenvalue weighted by Gasteiger charge is -2.35. The topological polar surface area (TPSA) is 21.3 Å². The van der Waals surface area contributed by atoms with E-state index in [9.17, 15) is 4.39 Å². The molecule has 0 amide bonds. The first kappa shape index (κ1) is 11.6. The van der Waals surface area contributed by atoms with Crippen molar-refractivity contribution in [3.8, 4) is 0 Å². The average Bonchev–Trinajstić information content (AvgIpc) is 2.24. The minimum absolute atomic E-state index is 0.0542. The zero-order valence-electron chi connectivity index (χ0n) is 9.79. The lowest BCUT2D eigenvalue weighted by atomic mass is 9.93. The van der Waals surface area contributed by atoms with Crippen molar-refractivity contribution >= 4 is 0 Å². The van der Waals surface area contributed by atoms with E-state index in [2.05, 4.69) is 19.2 Å². The van der Waals surface area contributed by atoms with Crippen LogP contribution in [-0.2, 0) is 11.2 Å². The molecule has 16 heavy (non-hydrogen) atoms. The van der Waals surface area contributed by atoms with Gasteiger partial charge >= 0.3 is 0 Å². The maximum Gasteiger partial charge on any atom is 0.123 e. The van der Waals surface area contributed by atoms with Gasteiger partial charge in [-0.2, -0.15) is 0 Å². The van der Waals surface area contributed by atoms with Crippen molar-refractivity contribution in [1.29, 1.82) is 0 Å². The Morgan fingerprint density at radius 3 is 2.62 bits per heavy atom. The molecular weight excluding hydrogens is 205 g/mol.